The van der Waals surface area contributed by atoms with Crippen LogP contribution in [0.5, 0.6) is 5.75 Å². The lowest BCUT2D eigenvalue weighted by Crippen LogP contribution is -2.21. The van der Waals surface area contributed by atoms with Crippen LogP contribution in [0.1, 0.15) is 32.5 Å². The topological polar surface area (TPSA) is 75.6 Å². The molecule has 0 bridgehead atoms. The molecule has 162 valence electrons. The predicted molar refractivity (Wildman–Crippen MR) is 107 cm³/mol. The highest BCUT2D eigenvalue weighted by molar-refractivity contribution is 7.18. The number of amides is 1. The zero-order chi connectivity index (χ0) is 22.8. The van der Waals surface area contributed by atoms with Gasteiger partial charge in [-0.25, -0.2) is 9.18 Å². The number of rotatable bonds is 6. The lowest BCUT2D eigenvalue weighted by molar-refractivity contribution is -0.138. The van der Waals surface area contributed by atoms with E-state index in [2.05, 4.69) is 5.32 Å². The maximum absolute atomic E-state index is 14.1. The van der Waals surface area contributed by atoms with E-state index in [1.54, 1.807) is 24.3 Å². The Labute approximate surface area is 177 Å². The van der Waals surface area contributed by atoms with Crippen LogP contribution in [0.25, 0.3) is 10.4 Å². The molecule has 31 heavy (non-hydrogen) atoms. The Morgan fingerprint density at radius 3 is 2.39 bits per heavy atom. The molecule has 1 aromatic heterocycles. The first-order valence-electron chi connectivity index (χ1n) is 8.89. The molecule has 5 nitrogen and oxygen atoms in total. The van der Waals surface area contributed by atoms with Crippen molar-refractivity contribution in [2.45, 2.75) is 13.1 Å². The molecule has 3 rings (SSSR count). The van der Waals surface area contributed by atoms with Gasteiger partial charge in [0.05, 0.1) is 23.4 Å². The van der Waals surface area contributed by atoms with Crippen LogP contribution < -0.4 is 10.1 Å². The fourth-order valence-corrected chi connectivity index (χ4v) is 3.80. The van der Waals surface area contributed by atoms with Crippen LogP contribution in [0.4, 0.5) is 23.2 Å². The minimum Gasteiger partial charge on any atom is -0.494 e. The summed E-state index contributed by atoms with van der Waals surface area (Å²) in [5.41, 5.74) is -2.29. The smallest absolute Gasteiger partial charge is 0.417 e. The summed E-state index contributed by atoms with van der Waals surface area (Å²) >= 11 is 0.820. The van der Waals surface area contributed by atoms with Crippen LogP contribution in [-0.4, -0.2) is 23.6 Å². The van der Waals surface area contributed by atoms with Crippen molar-refractivity contribution >= 4 is 28.9 Å². The Morgan fingerprint density at radius 1 is 1.13 bits per heavy atom. The van der Waals surface area contributed by atoms with E-state index in [9.17, 15) is 32.3 Å². The molecule has 0 saturated carbocycles. The van der Waals surface area contributed by atoms with Gasteiger partial charge in [-0.2, -0.15) is 13.2 Å². The Balaban J connectivity index is 1.97. The number of carbonyl (C=O) groups excluding carboxylic acids is 1. The molecule has 0 saturated heterocycles. The summed E-state index contributed by atoms with van der Waals surface area (Å²) in [6, 6.07) is 10.1. The van der Waals surface area contributed by atoms with E-state index < -0.39 is 35.0 Å². The van der Waals surface area contributed by atoms with E-state index in [-0.39, 0.29) is 10.6 Å². The number of halogens is 4. The van der Waals surface area contributed by atoms with Crippen molar-refractivity contribution < 1.29 is 37.0 Å². The van der Waals surface area contributed by atoms with Crippen molar-refractivity contribution in [2.24, 2.45) is 0 Å². The third-order valence-electron chi connectivity index (χ3n) is 4.17. The van der Waals surface area contributed by atoms with Crippen molar-refractivity contribution in [3.63, 3.8) is 0 Å². The Hall–Kier alpha value is -3.40. The number of anilines is 1. The van der Waals surface area contributed by atoms with Crippen LogP contribution in [0.3, 0.4) is 0 Å². The Bertz CT molecular complexity index is 1120. The van der Waals surface area contributed by atoms with E-state index in [1.807, 2.05) is 6.92 Å². The maximum atomic E-state index is 14.1. The molecule has 0 aliphatic carbocycles. The summed E-state index contributed by atoms with van der Waals surface area (Å²) in [6.45, 7) is 2.29. The third kappa shape index (κ3) is 4.85. The van der Waals surface area contributed by atoms with E-state index in [4.69, 9.17) is 4.74 Å². The highest BCUT2D eigenvalue weighted by atomic mass is 32.1. The number of alkyl halides is 3. The lowest BCUT2D eigenvalue weighted by Gasteiger charge is -2.13. The molecule has 0 spiro atoms. The molecule has 3 aromatic rings. The number of aromatic carboxylic acids is 1. The fraction of sp³-hybridized carbons (Fsp3) is 0.143. The van der Waals surface area contributed by atoms with Crippen LogP contribution >= 0.6 is 11.3 Å². The van der Waals surface area contributed by atoms with Gasteiger partial charge in [-0.1, -0.05) is 6.07 Å². The quantitative estimate of drug-likeness (QED) is 0.454. The standard InChI is InChI=1S/C21H15F4NO4S/c1-2-30-12-8-6-11(7-9-12)16-10-15(18(31-16)20(28)29)26-19(27)17-13(21(23,24)25)4-3-5-14(17)22/h3-10H,2H2,1H3,(H,26,27)(H,28,29). The summed E-state index contributed by atoms with van der Waals surface area (Å²) in [4.78, 5) is 24.2. The second-order valence-corrected chi connectivity index (χ2v) is 7.28. The number of nitrogens with one attached hydrogen (secondary N) is 1. The Kier molecular flexibility index (Phi) is 6.30. The second kappa shape index (κ2) is 8.76. The molecule has 0 atom stereocenters. The van der Waals surface area contributed by atoms with Gasteiger partial charge >= 0.3 is 12.1 Å². The van der Waals surface area contributed by atoms with Gasteiger partial charge in [-0.3, -0.25) is 4.79 Å². The van der Waals surface area contributed by atoms with Gasteiger partial charge in [-0.15, -0.1) is 11.3 Å². The zero-order valence-electron chi connectivity index (χ0n) is 15.9. The molecule has 2 N–H and O–H groups in total. The third-order valence-corrected chi connectivity index (χ3v) is 5.34. The molecular formula is C21H15F4NO4S. The summed E-state index contributed by atoms with van der Waals surface area (Å²) in [5, 5.41) is 11.6. The second-order valence-electron chi connectivity index (χ2n) is 6.23. The monoisotopic (exact) mass is 453 g/mol. The molecule has 1 amide bonds. The first kappa shape index (κ1) is 22.3. The van der Waals surface area contributed by atoms with Gasteiger partial charge in [0.15, 0.2) is 0 Å². The number of carboxylic acid groups (broad SMARTS) is 1. The van der Waals surface area contributed by atoms with Crippen LogP contribution in [0.2, 0.25) is 0 Å². The van der Waals surface area contributed by atoms with Crippen molar-refractivity contribution in [3.8, 4) is 16.2 Å². The average Bonchev–Trinajstić information content (AvgIpc) is 3.12. The highest BCUT2D eigenvalue weighted by Crippen LogP contribution is 2.37. The van der Waals surface area contributed by atoms with Crippen LogP contribution in [0, 0.1) is 5.82 Å². The van der Waals surface area contributed by atoms with Crippen molar-refractivity contribution in [1.82, 2.24) is 0 Å². The van der Waals surface area contributed by atoms with Gasteiger partial charge in [0.1, 0.15) is 16.4 Å². The molecule has 10 heteroatoms. The van der Waals surface area contributed by atoms with Crippen LogP contribution in [0.15, 0.2) is 48.5 Å². The van der Waals surface area contributed by atoms with Crippen molar-refractivity contribution in [1.29, 1.82) is 0 Å². The summed E-state index contributed by atoms with van der Waals surface area (Å²) < 4.78 is 59.0. The first-order valence-corrected chi connectivity index (χ1v) is 9.71. The number of hydrogen-bond donors (Lipinski definition) is 2. The number of thiophene rings is 1. The Morgan fingerprint density at radius 2 is 1.81 bits per heavy atom. The summed E-state index contributed by atoms with van der Waals surface area (Å²) in [7, 11) is 0. The molecule has 0 unspecified atom stereocenters. The molecule has 0 aliphatic rings. The molecule has 2 aromatic carbocycles. The van der Waals surface area contributed by atoms with Crippen molar-refractivity contribution in [3.05, 3.63) is 70.4 Å². The predicted octanol–water partition coefficient (Wildman–Crippen LogP) is 5.92. The normalized spacial score (nSPS) is 11.3. The number of ether oxygens (including phenoxy) is 1. The largest absolute Gasteiger partial charge is 0.494 e. The number of hydrogen-bond acceptors (Lipinski definition) is 4. The lowest BCUT2D eigenvalue weighted by atomic mass is 10.1. The molecule has 0 radical (unpaired) electrons. The minimum atomic E-state index is -4.97. The highest BCUT2D eigenvalue weighted by Gasteiger charge is 2.37. The average molecular weight is 453 g/mol. The van der Waals surface area contributed by atoms with Gasteiger partial charge in [-0.05, 0) is 55.0 Å². The maximum Gasteiger partial charge on any atom is 0.417 e. The summed E-state index contributed by atoms with van der Waals surface area (Å²) in [6.07, 6.45) is -4.97. The number of carbonyl (C=O) groups is 2. The molecule has 0 aliphatic heterocycles. The molecule has 0 fully saturated rings. The molecule has 1 heterocycles. The van der Waals surface area contributed by atoms with Crippen LogP contribution in [-0.2, 0) is 6.18 Å². The van der Waals surface area contributed by atoms with E-state index in [0.29, 0.717) is 28.9 Å². The number of benzene rings is 2. The molecular weight excluding hydrogens is 438 g/mol. The zero-order valence-corrected chi connectivity index (χ0v) is 16.7. The van der Waals surface area contributed by atoms with E-state index in [1.165, 1.54) is 6.07 Å². The van der Waals surface area contributed by atoms with Gasteiger partial charge in [0, 0.05) is 4.88 Å². The fourth-order valence-electron chi connectivity index (χ4n) is 2.84. The number of carboxylic acids is 1. The van der Waals surface area contributed by atoms with E-state index >= 15 is 0 Å². The van der Waals surface area contributed by atoms with Gasteiger partial charge in [0.2, 0.25) is 0 Å². The minimum absolute atomic E-state index is 0.234. The first-order chi connectivity index (χ1) is 14.6. The van der Waals surface area contributed by atoms with Gasteiger partial charge in [0.25, 0.3) is 5.91 Å². The van der Waals surface area contributed by atoms with Gasteiger partial charge < -0.3 is 15.2 Å². The SMILES string of the molecule is CCOc1ccc(-c2cc(NC(=O)c3c(F)cccc3C(F)(F)F)c(C(=O)O)s2)cc1. The van der Waals surface area contributed by atoms with E-state index in [0.717, 1.165) is 23.5 Å². The summed E-state index contributed by atoms with van der Waals surface area (Å²) in [5.74, 6) is -3.55. The van der Waals surface area contributed by atoms with Crippen molar-refractivity contribution in [2.75, 3.05) is 11.9 Å².